The number of benzene rings is 2. The van der Waals surface area contributed by atoms with Crippen molar-refractivity contribution in [2.24, 2.45) is 0 Å². The molecule has 2 aromatic carbocycles. The van der Waals surface area contributed by atoms with E-state index in [4.69, 9.17) is 9.15 Å². The summed E-state index contributed by atoms with van der Waals surface area (Å²) in [6.07, 6.45) is -3.08. The summed E-state index contributed by atoms with van der Waals surface area (Å²) in [5, 5.41) is 5.28. The Morgan fingerprint density at radius 2 is 1.77 bits per heavy atom. The average Bonchev–Trinajstić information content (AvgIpc) is 3.26. The van der Waals surface area contributed by atoms with Gasteiger partial charge in [-0.3, -0.25) is 9.59 Å². The number of hydrogen-bond acceptors (Lipinski definition) is 4. The van der Waals surface area contributed by atoms with Gasteiger partial charge in [-0.15, -0.1) is 0 Å². The zero-order chi connectivity index (χ0) is 21.6. The fourth-order valence-corrected chi connectivity index (χ4v) is 2.47. The van der Waals surface area contributed by atoms with Crippen LogP contribution in [0.25, 0.3) is 0 Å². The van der Waals surface area contributed by atoms with Crippen molar-refractivity contribution in [2.45, 2.75) is 12.7 Å². The minimum Gasteiger partial charge on any atom is -0.484 e. The van der Waals surface area contributed by atoms with E-state index in [-0.39, 0.29) is 24.0 Å². The zero-order valence-electron chi connectivity index (χ0n) is 15.5. The summed E-state index contributed by atoms with van der Waals surface area (Å²) in [6, 6.07) is 14.2. The number of anilines is 1. The van der Waals surface area contributed by atoms with Crippen LogP contribution in [0.2, 0.25) is 0 Å². The molecule has 0 unspecified atom stereocenters. The van der Waals surface area contributed by atoms with Gasteiger partial charge in [-0.2, -0.15) is 13.2 Å². The standard InChI is InChI=1S/C21H17F3N2O4/c22-21(23,24)15-3-1-4-17(11-15)30-13-19(27)25-12-14-6-8-16(9-7-14)26-20(28)18-5-2-10-29-18/h1-11H,12-13H2,(H,25,27)(H,26,28). The molecule has 0 aliphatic carbocycles. The van der Waals surface area contributed by atoms with E-state index in [0.717, 1.165) is 17.7 Å². The quantitative estimate of drug-likeness (QED) is 0.601. The normalized spacial score (nSPS) is 11.0. The maximum atomic E-state index is 12.7. The van der Waals surface area contributed by atoms with Gasteiger partial charge in [0.2, 0.25) is 0 Å². The van der Waals surface area contributed by atoms with Crippen LogP contribution in [0.15, 0.2) is 71.3 Å². The van der Waals surface area contributed by atoms with Crippen LogP contribution < -0.4 is 15.4 Å². The monoisotopic (exact) mass is 418 g/mol. The summed E-state index contributed by atoms with van der Waals surface area (Å²) in [5.74, 6) is -0.723. The van der Waals surface area contributed by atoms with Crippen molar-refractivity contribution in [2.75, 3.05) is 11.9 Å². The summed E-state index contributed by atoms with van der Waals surface area (Å²) in [4.78, 5) is 23.8. The summed E-state index contributed by atoms with van der Waals surface area (Å²) in [7, 11) is 0. The highest BCUT2D eigenvalue weighted by atomic mass is 19.4. The zero-order valence-corrected chi connectivity index (χ0v) is 15.5. The summed E-state index contributed by atoms with van der Waals surface area (Å²) >= 11 is 0. The van der Waals surface area contributed by atoms with E-state index < -0.39 is 24.3 Å². The Kier molecular flexibility index (Phi) is 6.41. The molecule has 30 heavy (non-hydrogen) atoms. The van der Waals surface area contributed by atoms with E-state index in [9.17, 15) is 22.8 Å². The first-order valence-electron chi connectivity index (χ1n) is 8.82. The molecule has 156 valence electrons. The van der Waals surface area contributed by atoms with Crippen LogP contribution in [0.5, 0.6) is 5.75 Å². The van der Waals surface area contributed by atoms with Crippen molar-refractivity contribution in [3.63, 3.8) is 0 Å². The van der Waals surface area contributed by atoms with E-state index in [1.165, 1.54) is 18.4 Å². The number of ether oxygens (including phenoxy) is 1. The summed E-state index contributed by atoms with van der Waals surface area (Å²) in [6.45, 7) is -0.226. The second-order valence-electron chi connectivity index (χ2n) is 6.22. The van der Waals surface area contributed by atoms with Crippen LogP contribution in [0.1, 0.15) is 21.7 Å². The van der Waals surface area contributed by atoms with Gasteiger partial charge >= 0.3 is 6.18 Å². The Morgan fingerprint density at radius 1 is 1.00 bits per heavy atom. The molecule has 2 amide bonds. The molecule has 3 rings (SSSR count). The molecule has 0 bridgehead atoms. The van der Waals surface area contributed by atoms with Gasteiger partial charge in [0.25, 0.3) is 11.8 Å². The molecule has 3 aromatic rings. The molecule has 1 heterocycles. The molecule has 0 radical (unpaired) electrons. The number of alkyl halides is 3. The van der Waals surface area contributed by atoms with Crippen molar-refractivity contribution in [1.29, 1.82) is 0 Å². The Morgan fingerprint density at radius 3 is 2.43 bits per heavy atom. The van der Waals surface area contributed by atoms with Crippen molar-refractivity contribution >= 4 is 17.5 Å². The number of rotatable bonds is 7. The van der Waals surface area contributed by atoms with Crippen molar-refractivity contribution in [1.82, 2.24) is 5.32 Å². The number of amides is 2. The van der Waals surface area contributed by atoms with Crippen LogP contribution in [0.4, 0.5) is 18.9 Å². The molecule has 6 nitrogen and oxygen atoms in total. The van der Waals surface area contributed by atoms with E-state index in [1.807, 2.05) is 0 Å². The minimum absolute atomic E-state index is 0.0448. The maximum Gasteiger partial charge on any atom is 0.416 e. The van der Waals surface area contributed by atoms with E-state index in [0.29, 0.717) is 5.69 Å². The maximum absolute atomic E-state index is 12.7. The third-order valence-electron chi connectivity index (χ3n) is 3.98. The van der Waals surface area contributed by atoms with Gasteiger partial charge in [0.1, 0.15) is 5.75 Å². The second-order valence-corrected chi connectivity index (χ2v) is 6.22. The molecule has 0 spiro atoms. The molecule has 9 heteroatoms. The highest BCUT2D eigenvalue weighted by Gasteiger charge is 2.30. The molecule has 0 aliphatic rings. The van der Waals surface area contributed by atoms with Gasteiger partial charge in [-0.05, 0) is 48.0 Å². The van der Waals surface area contributed by atoms with Crippen LogP contribution in [0.3, 0.4) is 0 Å². The number of hydrogen-bond donors (Lipinski definition) is 2. The molecule has 0 fully saturated rings. The summed E-state index contributed by atoms with van der Waals surface area (Å²) < 4.78 is 48.2. The fraction of sp³-hybridized carbons (Fsp3) is 0.143. The van der Waals surface area contributed by atoms with Crippen LogP contribution in [0, 0.1) is 0 Å². The first kappa shape index (κ1) is 21.0. The van der Waals surface area contributed by atoms with Crippen LogP contribution >= 0.6 is 0 Å². The molecular weight excluding hydrogens is 401 g/mol. The molecule has 1 aromatic heterocycles. The van der Waals surface area contributed by atoms with Gasteiger partial charge in [-0.1, -0.05) is 18.2 Å². The molecule has 0 saturated heterocycles. The number of furan rings is 1. The molecule has 2 N–H and O–H groups in total. The van der Waals surface area contributed by atoms with Crippen molar-refractivity contribution in [3.8, 4) is 5.75 Å². The van der Waals surface area contributed by atoms with E-state index >= 15 is 0 Å². The largest absolute Gasteiger partial charge is 0.484 e. The second kappa shape index (κ2) is 9.17. The Labute approximate surface area is 169 Å². The number of carbonyl (C=O) groups excluding carboxylic acids is 2. The fourth-order valence-electron chi connectivity index (χ4n) is 2.47. The first-order chi connectivity index (χ1) is 14.3. The molecule has 0 saturated carbocycles. The minimum atomic E-state index is -4.48. The van der Waals surface area contributed by atoms with E-state index in [2.05, 4.69) is 10.6 Å². The lowest BCUT2D eigenvalue weighted by Crippen LogP contribution is -2.28. The Hall–Kier alpha value is -3.75. The average molecular weight is 418 g/mol. The predicted molar refractivity (Wildman–Crippen MR) is 102 cm³/mol. The van der Waals surface area contributed by atoms with Gasteiger partial charge in [0.05, 0.1) is 11.8 Å². The summed E-state index contributed by atoms with van der Waals surface area (Å²) in [5.41, 5.74) is 0.470. The lowest BCUT2D eigenvalue weighted by Gasteiger charge is -2.11. The van der Waals surface area contributed by atoms with E-state index in [1.54, 1.807) is 36.4 Å². The molecule has 0 atom stereocenters. The van der Waals surface area contributed by atoms with Crippen molar-refractivity contribution in [3.05, 3.63) is 83.8 Å². The van der Waals surface area contributed by atoms with Crippen LogP contribution in [-0.4, -0.2) is 18.4 Å². The number of nitrogens with one attached hydrogen (secondary N) is 2. The lowest BCUT2D eigenvalue weighted by atomic mass is 10.2. The highest BCUT2D eigenvalue weighted by Crippen LogP contribution is 2.31. The first-order valence-corrected chi connectivity index (χ1v) is 8.82. The third kappa shape index (κ3) is 5.87. The number of halogens is 3. The Balaban J connectivity index is 1.45. The van der Waals surface area contributed by atoms with Crippen molar-refractivity contribution < 1.29 is 31.9 Å². The Bertz CT molecular complexity index is 1000. The smallest absolute Gasteiger partial charge is 0.416 e. The van der Waals surface area contributed by atoms with Gasteiger partial charge in [0, 0.05) is 12.2 Å². The van der Waals surface area contributed by atoms with Gasteiger partial charge in [-0.25, -0.2) is 0 Å². The van der Waals surface area contributed by atoms with Gasteiger partial charge < -0.3 is 19.8 Å². The topological polar surface area (TPSA) is 80.6 Å². The molecule has 0 aliphatic heterocycles. The SMILES string of the molecule is O=C(COc1cccc(C(F)(F)F)c1)NCc1ccc(NC(=O)c2ccco2)cc1. The lowest BCUT2D eigenvalue weighted by molar-refractivity contribution is -0.137. The van der Waals surface area contributed by atoms with Gasteiger partial charge in [0.15, 0.2) is 12.4 Å². The predicted octanol–water partition coefficient (Wildman–Crippen LogP) is 4.25. The highest BCUT2D eigenvalue weighted by molar-refractivity contribution is 6.02. The number of carbonyl (C=O) groups is 2. The third-order valence-corrected chi connectivity index (χ3v) is 3.98. The molecular formula is C21H17F3N2O4. The van der Waals surface area contributed by atoms with Crippen LogP contribution in [-0.2, 0) is 17.5 Å².